The summed E-state index contributed by atoms with van der Waals surface area (Å²) in [5.74, 6) is 0.583. The second kappa shape index (κ2) is 11.2. The van der Waals surface area contributed by atoms with Crippen LogP contribution in [0, 0.1) is 0 Å². The number of hydrogen-bond donors (Lipinski definition) is 0. The molecule has 0 spiro atoms. The van der Waals surface area contributed by atoms with Crippen molar-refractivity contribution in [2.24, 2.45) is 0 Å². The highest BCUT2D eigenvalue weighted by atomic mass is 32.2. The number of pyridine rings is 1. The first-order valence-electron chi connectivity index (χ1n) is 11.3. The highest BCUT2D eigenvalue weighted by Crippen LogP contribution is 2.33. The van der Waals surface area contributed by atoms with Crippen molar-refractivity contribution in [3.05, 3.63) is 106 Å². The number of methoxy groups -OCH3 is 1. The molecule has 1 aromatic rings. The van der Waals surface area contributed by atoms with E-state index in [4.69, 9.17) is 9.72 Å². The van der Waals surface area contributed by atoms with Crippen molar-refractivity contribution in [3.63, 3.8) is 0 Å². The van der Waals surface area contributed by atoms with Crippen molar-refractivity contribution >= 4 is 23.0 Å². The van der Waals surface area contributed by atoms with Crippen LogP contribution in [0.25, 0.3) is 5.57 Å². The topological polar surface area (TPSA) is 25.4 Å². The van der Waals surface area contributed by atoms with E-state index < -0.39 is 0 Å². The van der Waals surface area contributed by atoms with Crippen LogP contribution in [0.3, 0.4) is 0 Å². The van der Waals surface area contributed by atoms with Crippen molar-refractivity contribution in [1.82, 2.24) is 4.98 Å². The van der Waals surface area contributed by atoms with Crippen LogP contribution in [0.5, 0.6) is 5.88 Å². The van der Waals surface area contributed by atoms with Gasteiger partial charge in [-0.2, -0.15) is 0 Å². The molecule has 2 heterocycles. The number of allylic oxidation sites excluding steroid dienone is 9. The van der Waals surface area contributed by atoms with Gasteiger partial charge in [0.15, 0.2) is 0 Å². The summed E-state index contributed by atoms with van der Waals surface area (Å²) in [5, 5.41) is 2.09. The number of hydrogen-bond acceptors (Lipinski definition) is 4. The van der Waals surface area contributed by atoms with Gasteiger partial charge in [-0.1, -0.05) is 43.1 Å². The van der Waals surface area contributed by atoms with Crippen LogP contribution in [0.4, 0.5) is 5.69 Å². The molecule has 1 aliphatic heterocycles. The molecule has 3 rings (SSSR count). The van der Waals surface area contributed by atoms with Crippen LogP contribution in [0.2, 0.25) is 0 Å². The molecule has 1 fully saturated rings. The van der Waals surface area contributed by atoms with Crippen LogP contribution >= 0.6 is 11.8 Å². The Balaban J connectivity index is 1.69. The fourth-order valence-electron chi connectivity index (χ4n) is 3.81. The molecule has 33 heavy (non-hydrogen) atoms. The summed E-state index contributed by atoms with van der Waals surface area (Å²) in [6.45, 7) is 18.7. The molecule has 1 aromatic heterocycles. The lowest BCUT2D eigenvalue weighted by Crippen LogP contribution is -2.13. The third-order valence-corrected chi connectivity index (χ3v) is 6.87. The molecular formula is C29H34N2OS. The van der Waals surface area contributed by atoms with Crippen molar-refractivity contribution in [2.75, 3.05) is 12.0 Å². The molecule has 0 bridgehead atoms. The van der Waals surface area contributed by atoms with Gasteiger partial charge in [-0.15, -0.1) is 0 Å². The highest BCUT2D eigenvalue weighted by molar-refractivity contribution is 8.06. The van der Waals surface area contributed by atoms with E-state index in [1.165, 1.54) is 29.6 Å². The summed E-state index contributed by atoms with van der Waals surface area (Å²) in [7, 11) is 1.65. The SMILES string of the molecule is C=C(C=CC(C)=C1CCCCC1=C)SC=C(C)c1ccc(N2C=CC(=C)C(C)=C2)c(OC)n1. The lowest BCUT2D eigenvalue weighted by Gasteiger charge is -2.23. The van der Waals surface area contributed by atoms with E-state index in [0.717, 1.165) is 45.8 Å². The van der Waals surface area contributed by atoms with E-state index in [-0.39, 0.29) is 0 Å². The Kier molecular flexibility index (Phi) is 8.40. The van der Waals surface area contributed by atoms with Crippen LogP contribution in [0.1, 0.15) is 52.1 Å². The maximum absolute atomic E-state index is 5.59. The van der Waals surface area contributed by atoms with Crippen LogP contribution < -0.4 is 9.64 Å². The zero-order chi connectivity index (χ0) is 24.0. The fourth-order valence-corrected chi connectivity index (χ4v) is 4.41. The lowest BCUT2D eigenvalue weighted by molar-refractivity contribution is 0.398. The molecule has 3 nitrogen and oxygen atoms in total. The Morgan fingerprint density at radius 2 is 1.91 bits per heavy atom. The monoisotopic (exact) mass is 458 g/mol. The molecule has 0 radical (unpaired) electrons. The third kappa shape index (κ3) is 6.29. The van der Waals surface area contributed by atoms with Crippen molar-refractivity contribution in [2.45, 2.75) is 46.5 Å². The average Bonchev–Trinajstić information content (AvgIpc) is 2.82. The van der Waals surface area contributed by atoms with Gasteiger partial charge in [0, 0.05) is 17.3 Å². The number of ether oxygens (including phenoxy) is 1. The molecule has 0 atom stereocenters. The van der Waals surface area contributed by atoms with Gasteiger partial charge in [-0.3, -0.25) is 0 Å². The van der Waals surface area contributed by atoms with E-state index >= 15 is 0 Å². The number of nitrogens with zero attached hydrogens (tertiary/aromatic N) is 2. The quantitative estimate of drug-likeness (QED) is 0.382. The summed E-state index contributed by atoms with van der Waals surface area (Å²) in [5.41, 5.74) is 8.95. The Hall–Kier alpha value is -2.98. The maximum Gasteiger partial charge on any atom is 0.238 e. The summed E-state index contributed by atoms with van der Waals surface area (Å²) < 4.78 is 5.59. The minimum absolute atomic E-state index is 0.583. The molecule has 172 valence electrons. The van der Waals surface area contributed by atoms with Crippen LogP contribution in [-0.2, 0) is 0 Å². The van der Waals surface area contributed by atoms with E-state index in [9.17, 15) is 0 Å². The minimum atomic E-state index is 0.583. The van der Waals surface area contributed by atoms with Gasteiger partial charge in [0.1, 0.15) is 5.69 Å². The van der Waals surface area contributed by atoms with Crippen molar-refractivity contribution < 1.29 is 4.74 Å². The second-order valence-electron chi connectivity index (χ2n) is 8.48. The smallest absolute Gasteiger partial charge is 0.238 e. The van der Waals surface area contributed by atoms with Gasteiger partial charge >= 0.3 is 0 Å². The Morgan fingerprint density at radius 3 is 2.61 bits per heavy atom. The standard InChI is InChI=1S/C29H34N2OS/c1-20-16-17-31(18-23(20)4)28-15-14-27(30-29(28)32-7)24(5)19-33-25(6)13-12-22(3)26-11-9-8-10-21(26)2/h12-19H,1-2,6,8-11H2,3-5,7H3. The van der Waals surface area contributed by atoms with Crippen LogP contribution in [-0.4, -0.2) is 12.1 Å². The zero-order valence-electron chi connectivity index (χ0n) is 20.3. The molecule has 1 saturated carbocycles. The van der Waals surface area contributed by atoms with Crippen molar-refractivity contribution in [3.8, 4) is 5.88 Å². The largest absolute Gasteiger partial charge is 0.479 e. The molecule has 2 aliphatic rings. The molecule has 0 N–H and O–H groups in total. The van der Waals surface area contributed by atoms with Gasteiger partial charge in [-0.25, -0.2) is 4.98 Å². The van der Waals surface area contributed by atoms with Gasteiger partial charge in [0.05, 0.1) is 12.8 Å². The first-order valence-corrected chi connectivity index (χ1v) is 12.2. The minimum Gasteiger partial charge on any atom is -0.479 e. The Labute approximate surface area is 203 Å². The maximum atomic E-state index is 5.59. The summed E-state index contributed by atoms with van der Waals surface area (Å²) in [6.07, 6.45) is 15.0. The first kappa shape index (κ1) is 24.7. The summed E-state index contributed by atoms with van der Waals surface area (Å²) >= 11 is 1.61. The molecular weight excluding hydrogens is 424 g/mol. The van der Waals surface area contributed by atoms with Gasteiger partial charge in [0.2, 0.25) is 5.88 Å². The predicted molar refractivity (Wildman–Crippen MR) is 145 cm³/mol. The van der Waals surface area contributed by atoms with E-state index in [2.05, 4.69) is 51.1 Å². The number of anilines is 1. The Morgan fingerprint density at radius 1 is 1.15 bits per heavy atom. The van der Waals surface area contributed by atoms with E-state index in [1.54, 1.807) is 18.9 Å². The molecule has 0 amide bonds. The lowest BCUT2D eigenvalue weighted by atomic mass is 9.87. The number of thioether (sulfide) groups is 1. The normalized spacial score (nSPS) is 18.6. The Bertz CT molecular complexity index is 1110. The number of rotatable bonds is 7. The van der Waals surface area contributed by atoms with Gasteiger partial charge < -0.3 is 9.64 Å². The fraction of sp³-hybridized carbons (Fsp3) is 0.276. The highest BCUT2D eigenvalue weighted by Gasteiger charge is 2.15. The summed E-state index contributed by atoms with van der Waals surface area (Å²) in [6, 6.07) is 4.05. The van der Waals surface area contributed by atoms with E-state index in [1.807, 2.05) is 42.4 Å². The predicted octanol–water partition coefficient (Wildman–Crippen LogP) is 8.49. The third-order valence-electron chi connectivity index (χ3n) is 5.96. The second-order valence-corrected chi connectivity index (χ2v) is 9.47. The van der Waals surface area contributed by atoms with Gasteiger partial charge in [-0.05, 0) is 104 Å². The van der Waals surface area contributed by atoms with E-state index in [0.29, 0.717) is 5.88 Å². The molecule has 1 aliphatic carbocycles. The van der Waals surface area contributed by atoms with Crippen molar-refractivity contribution in [1.29, 1.82) is 0 Å². The summed E-state index contributed by atoms with van der Waals surface area (Å²) in [4.78, 5) is 7.73. The average molecular weight is 459 g/mol. The first-order chi connectivity index (χ1) is 15.8. The molecule has 4 heteroatoms. The number of aromatic nitrogens is 1. The molecule has 0 aromatic carbocycles. The van der Waals surface area contributed by atoms with Gasteiger partial charge in [0.25, 0.3) is 0 Å². The molecule has 0 unspecified atom stereocenters. The molecule has 0 saturated heterocycles. The van der Waals surface area contributed by atoms with Crippen LogP contribution in [0.15, 0.2) is 101 Å². The zero-order valence-corrected chi connectivity index (χ0v) is 21.1.